The molecule has 0 bridgehead atoms. The van der Waals surface area contributed by atoms with Crippen molar-refractivity contribution in [1.82, 2.24) is 0 Å². The minimum Gasteiger partial charge on any atom is -0.489 e. The van der Waals surface area contributed by atoms with E-state index in [2.05, 4.69) is 12.6 Å². The molecule has 0 aliphatic carbocycles. The Kier molecular flexibility index (Phi) is 3.51. The molecule has 0 N–H and O–H groups in total. The van der Waals surface area contributed by atoms with E-state index in [0.717, 1.165) is 5.56 Å². The lowest BCUT2D eigenvalue weighted by molar-refractivity contribution is 0.349. The Bertz CT molecular complexity index is 350. The number of rotatable bonds is 3. The number of hydrogen-bond donors (Lipinski definition) is 0. The van der Waals surface area contributed by atoms with Gasteiger partial charge in [-0.3, -0.25) is 0 Å². The molecule has 1 aromatic rings. The standard InChI is InChI=1S/C13H16FO/c1-5-8-15-12-7-6-10(14)9-11(12)13(2,3)4/h5-6,9H,1,8H2,2-4H3. The van der Waals surface area contributed by atoms with E-state index in [1.807, 2.05) is 20.8 Å². The van der Waals surface area contributed by atoms with E-state index in [-0.39, 0.29) is 11.2 Å². The van der Waals surface area contributed by atoms with Gasteiger partial charge >= 0.3 is 0 Å². The average Bonchev–Trinajstić information content (AvgIpc) is 2.14. The summed E-state index contributed by atoms with van der Waals surface area (Å²) in [5.41, 5.74) is 0.666. The highest BCUT2D eigenvalue weighted by molar-refractivity contribution is 5.38. The molecule has 0 heterocycles. The SMILES string of the molecule is C=CCOc1[c]cc(F)cc1C(C)(C)C. The topological polar surface area (TPSA) is 9.23 Å². The largest absolute Gasteiger partial charge is 0.489 e. The van der Waals surface area contributed by atoms with Crippen LogP contribution in [0.3, 0.4) is 0 Å². The van der Waals surface area contributed by atoms with Gasteiger partial charge in [0.1, 0.15) is 18.2 Å². The molecule has 81 valence electrons. The van der Waals surface area contributed by atoms with Gasteiger partial charge < -0.3 is 4.74 Å². The van der Waals surface area contributed by atoms with Crippen molar-refractivity contribution in [3.63, 3.8) is 0 Å². The minimum atomic E-state index is -0.286. The molecular formula is C13H16FO. The van der Waals surface area contributed by atoms with Crippen molar-refractivity contribution in [2.24, 2.45) is 0 Å². The van der Waals surface area contributed by atoms with Crippen LogP contribution in [0, 0.1) is 11.9 Å². The monoisotopic (exact) mass is 207 g/mol. The number of hydrogen-bond acceptors (Lipinski definition) is 1. The summed E-state index contributed by atoms with van der Waals surface area (Å²) in [5.74, 6) is 0.315. The second-order valence-electron chi connectivity index (χ2n) is 4.41. The zero-order valence-electron chi connectivity index (χ0n) is 9.43. The van der Waals surface area contributed by atoms with Crippen LogP contribution in [0.5, 0.6) is 5.75 Å². The van der Waals surface area contributed by atoms with Crippen molar-refractivity contribution in [3.8, 4) is 5.75 Å². The summed E-state index contributed by atoms with van der Waals surface area (Å²) in [7, 11) is 0. The van der Waals surface area contributed by atoms with Crippen molar-refractivity contribution in [1.29, 1.82) is 0 Å². The first-order chi connectivity index (χ1) is 6.95. The van der Waals surface area contributed by atoms with Crippen LogP contribution in [0.15, 0.2) is 24.8 Å². The Labute approximate surface area is 90.6 Å². The first kappa shape index (κ1) is 11.8. The fourth-order valence-corrected chi connectivity index (χ4v) is 1.28. The number of halogens is 1. The number of ether oxygens (including phenoxy) is 1. The predicted octanol–water partition coefficient (Wildman–Crippen LogP) is 3.49. The molecule has 0 saturated heterocycles. The first-order valence-electron chi connectivity index (χ1n) is 4.90. The summed E-state index contributed by atoms with van der Waals surface area (Å²) in [5, 5.41) is 0. The second kappa shape index (κ2) is 4.47. The molecule has 0 atom stereocenters. The van der Waals surface area contributed by atoms with Gasteiger partial charge in [0, 0.05) is 11.6 Å². The van der Waals surface area contributed by atoms with Crippen LogP contribution in [0.4, 0.5) is 4.39 Å². The molecule has 1 nitrogen and oxygen atoms in total. The van der Waals surface area contributed by atoms with Gasteiger partial charge in [0.2, 0.25) is 0 Å². The summed E-state index contributed by atoms with van der Waals surface area (Å²) in [6.45, 7) is 10.0. The quantitative estimate of drug-likeness (QED) is 0.689. The van der Waals surface area contributed by atoms with Crippen LogP contribution in [0.1, 0.15) is 26.3 Å². The van der Waals surface area contributed by atoms with Gasteiger partial charge in [-0.15, -0.1) is 0 Å². The van der Waals surface area contributed by atoms with Crippen molar-refractivity contribution < 1.29 is 9.13 Å². The summed E-state index contributed by atoms with van der Waals surface area (Å²) in [6, 6.07) is 5.58. The van der Waals surface area contributed by atoms with Crippen molar-refractivity contribution >= 4 is 0 Å². The molecule has 0 aliphatic rings. The molecular weight excluding hydrogens is 191 g/mol. The molecule has 0 saturated carbocycles. The third-order valence-electron chi connectivity index (χ3n) is 2.02. The minimum absolute atomic E-state index is 0.158. The van der Waals surface area contributed by atoms with Crippen molar-refractivity contribution in [2.45, 2.75) is 26.2 Å². The maximum atomic E-state index is 13.1. The van der Waals surface area contributed by atoms with Crippen LogP contribution in [0.2, 0.25) is 0 Å². The smallest absolute Gasteiger partial charge is 0.131 e. The Balaban J connectivity index is 3.09. The highest BCUT2D eigenvalue weighted by Crippen LogP contribution is 2.31. The molecule has 0 unspecified atom stereocenters. The normalized spacial score (nSPS) is 11.2. The van der Waals surface area contributed by atoms with Gasteiger partial charge in [0.25, 0.3) is 0 Å². The Morgan fingerprint density at radius 3 is 2.73 bits per heavy atom. The van der Waals surface area contributed by atoms with Crippen LogP contribution >= 0.6 is 0 Å². The lowest BCUT2D eigenvalue weighted by Crippen LogP contribution is -2.14. The molecule has 0 spiro atoms. The summed E-state index contributed by atoms with van der Waals surface area (Å²) < 4.78 is 18.5. The molecule has 1 radical (unpaired) electrons. The van der Waals surface area contributed by atoms with Gasteiger partial charge in [-0.25, -0.2) is 4.39 Å². The van der Waals surface area contributed by atoms with E-state index < -0.39 is 0 Å². The predicted molar refractivity (Wildman–Crippen MR) is 59.6 cm³/mol. The lowest BCUT2D eigenvalue weighted by Gasteiger charge is -2.22. The van der Waals surface area contributed by atoms with E-state index in [1.54, 1.807) is 6.08 Å². The maximum absolute atomic E-state index is 13.1. The fraction of sp³-hybridized carbons (Fsp3) is 0.385. The average molecular weight is 207 g/mol. The Morgan fingerprint density at radius 1 is 1.53 bits per heavy atom. The first-order valence-corrected chi connectivity index (χ1v) is 4.90. The van der Waals surface area contributed by atoms with E-state index in [9.17, 15) is 4.39 Å². The molecule has 15 heavy (non-hydrogen) atoms. The highest BCUT2D eigenvalue weighted by Gasteiger charge is 2.19. The highest BCUT2D eigenvalue weighted by atomic mass is 19.1. The Hall–Kier alpha value is -1.31. The van der Waals surface area contributed by atoms with Crippen molar-refractivity contribution in [3.05, 3.63) is 42.2 Å². The van der Waals surface area contributed by atoms with Gasteiger partial charge in [-0.05, 0) is 17.5 Å². The fourth-order valence-electron chi connectivity index (χ4n) is 1.28. The van der Waals surface area contributed by atoms with Crippen molar-refractivity contribution in [2.75, 3.05) is 6.61 Å². The van der Waals surface area contributed by atoms with Crippen LogP contribution < -0.4 is 4.74 Å². The molecule has 0 amide bonds. The van der Waals surface area contributed by atoms with E-state index in [0.29, 0.717) is 12.4 Å². The molecule has 2 heteroatoms. The van der Waals surface area contributed by atoms with Gasteiger partial charge in [0.05, 0.1) is 0 Å². The van der Waals surface area contributed by atoms with Gasteiger partial charge in [0.15, 0.2) is 0 Å². The zero-order valence-corrected chi connectivity index (χ0v) is 9.43. The summed E-state index contributed by atoms with van der Waals surface area (Å²) in [6.07, 6.45) is 1.66. The van der Waals surface area contributed by atoms with Crippen LogP contribution in [-0.4, -0.2) is 6.61 Å². The molecule has 1 rings (SSSR count). The van der Waals surface area contributed by atoms with Crippen LogP contribution in [-0.2, 0) is 5.41 Å². The second-order valence-corrected chi connectivity index (χ2v) is 4.41. The van der Waals surface area contributed by atoms with E-state index >= 15 is 0 Å². The van der Waals surface area contributed by atoms with E-state index in [4.69, 9.17) is 4.74 Å². The summed E-state index contributed by atoms with van der Waals surface area (Å²) in [4.78, 5) is 0. The molecule has 1 aromatic carbocycles. The Morgan fingerprint density at radius 2 is 2.20 bits per heavy atom. The summed E-state index contributed by atoms with van der Waals surface area (Å²) >= 11 is 0. The third-order valence-corrected chi connectivity index (χ3v) is 2.02. The van der Waals surface area contributed by atoms with Gasteiger partial charge in [-0.2, -0.15) is 0 Å². The molecule has 0 aromatic heterocycles. The number of benzene rings is 1. The van der Waals surface area contributed by atoms with E-state index in [1.165, 1.54) is 12.1 Å². The zero-order chi connectivity index (χ0) is 11.5. The maximum Gasteiger partial charge on any atom is 0.131 e. The molecule has 0 aliphatic heterocycles. The lowest BCUT2D eigenvalue weighted by atomic mass is 9.86. The van der Waals surface area contributed by atoms with Gasteiger partial charge in [-0.1, -0.05) is 33.4 Å². The third kappa shape index (κ3) is 3.08. The van der Waals surface area contributed by atoms with Crippen LogP contribution in [0.25, 0.3) is 0 Å². The molecule has 0 fully saturated rings.